The Labute approximate surface area is 120 Å². The number of para-hydroxylation sites is 1. The van der Waals surface area contributed by atoms with Gasteiger partial charge >= 0.3 is 0 Å². The van der Waals surface area contributed by atoms with E-state index >= 15 is 0 Å². The summed E-state index contributed by atoms with van der Waals surface area (Å²) in [5, 5.41) is 1.24. The van der Waals surface area contributed by atoms with Crippen LogP contribution in [0.3, 0.4) is 0 Å². The highest BCUT2D eigenvalue weighted by molar-refractivity contribution is 5.80. The van der Waals surface area contributed by atoms with Gasteiger partial charge in [-0.25, -0.2) is 0 Å². The zero-order chi connectivity index (χ0) is 13.9. The first-order chi connectivity index (χ1) is 9.74. The van der Waals surface area contributed by atoms with Crippen LogP contribution in [-0.4, -0.2) is 28.5 Å². The number of hydrogen-bond acceptors (Lipinski definition) is 1. The quantitative estimate of drug-likeness (QED) is 0.840. The average Bonchev–Trinajstić information content (AvgIpc) is 2.89. The van der Waals surface area contributed by atoms with E-state index in [2.05, 4.69) is 35.9 Å². The van der Waals surface area contributed by atoms with Gasteiger partial charge in [-0.1, -0.05) is 25.1 Å². The molecule has 0 aliphatic carbocycles. The summed E-state index contributed by atoms with van der Waals surface area (Å²) in [7, 11) is 0. The minimum absolute atomic E-state index is 0.301. The maximum Gasteiger partial charge on any atom is 0.224 e. The molecule has 0 atom stereocenters. The molecule has 0 bridgehead atoms. The third-order valence-corrected chi connectivity index (χ3v) is 4.38. The predicted octanol–water partition coefficient (Wildman–Crippen LogP) is 3.29. The molecular formula is C17H22N2O. The lowest BCUT2D eigenvalue weighted by molar-refractivity contribution is -0.132. The van der Waals surface area contributed by atoms with Crippen molar-refractivity contribution in [2.45, 2.75) is 32.7 Å². The van der Waals surface area contributed by atoms with Gasteiger partial charge in [-0.3, -0.25) is 4.79 Å². The van der Waals surface area contributed by atoms with E-state index < -0.39 is 0 Å². The van der Waals surface area contributed by atoms with Gasteiger partial charge in [-0.05, 0) is 36.3 Å². The summed E-state index contributed by atoms with van der Waals surface area (Å²) in [6, 6.07) is 10.4. The fraction of sp³-hybridized carbons (Fsp3) is 0.471. The van der Waals surface area contributed by atoms with Gasteiger partial charge in [0, 0.05) is 37.8 Å². The molecular weight excluding hydrogens is 248 g/mol. The molecule has 1 aliphatic heterocycles. The summed E-state index contributed by atoms with van der Waals surface area (Å²) >= 11 is 0. The van der Waals surface area contributed by atoms with Crippen LogP contribution < -0.4 is 0 Å². The van der Waals surface area contributed by atoms with Crippen molar-refractivity contribution in [3.8, 4) is 0 Å². The number of carbonyl (C=O) groups is 1. The Kier molecular flexibility index (Phi) is 3.77. The van der Waals surface area contributed by atoms with Crippen LogP contribution in [0.4, 0.5) is 0 Å². The Morgan fingerprint density at radius 3 is 2.75 bits per heavy atom. The van der Waals surface area contributed by atoms with Crippen LogP contribution in [0, 0.1) is 5.92 Å². The van der Waals surface area contributed by atoms with Gasteiger partial charge in [-0.2, -0.15) is 0 Å². The molecule has 0 saturated carbocycles. The van der Waals surface area contributed by atoms with Crippen molar-refractivity contribution < 1.29 is 4.79 Å². The number of fused-ring (bicyclic) bond motifs is 1. The van der Waals surface area contributed by atoms with Crippen molar-refractivity contribution >= 4 is 16.8 Å². The number of likely N-dealkylation sites (tertiary alicyclic amines) is 1. The molecule has 0 radical (unpaired) electrons. The third-order valence-electron chi connectivity index (χ3n) is 4.38. The molecule has 2 aromatic rings. The van der Waals surface area contributed by atoms with Crippen LogP contribution in [-0.2, 0) is 11.3 Å². The van der Waals surface area contributed by atoms with E-state index in [1.54, 1.807) is 0 Å². The van der Waals surface area contributed by atoms with Crippen LogP contribution in [0.15, 0.2) is 36.5 Å². The lowest BCUT2D eigenvalue weighted by atomic mass is 9.99. The number of piperidine rings is 1. The summed E-state index contributed by atoms with van der Waals surface area (Å²) in [6.07, 6.45) is 4.99. The SMILES string of the molecule is CC1CCN(C(=O)CCn2ccc3ccccc32)CC1. The van der Waals surface area contributed by atoms with E-state index in [0.717, 1.165) is 38.4 Å². The van der Waals surface area contributed by atoms with Gasteiger partial charge in [-0.15, -0.1) is 0 Å². The number of hydrogen-bond donors (Lipinski definition) is 0. The molecule has 1 amide bonds. The fourth-order valence-electron chi connectivity index (χ4n) is 2.97. The zero-order valence-corrected chi connectivity index (χ0v) is 12.1. The summed E-state index contributed by atoms with van der Waals surface area (Å²) in [4.78, 5) is 14.3. The minimum Gasteiger partial charge on any atom is -0.347 e. The van der Waals surface area contributed by atoms with Crippen LogP contribution in [0.1, 0.15) is 26.2 Å². The Hall–Kier alpha value is -1.77. The average molecular weight is 270 g/mol. The Morgan fingerprint density at radius 2 is 1.95 bits per heavy atom. The number of nitrogens with zero attached hydrogens (tertiary/aromatic N) is 2. The van der Waals surface area contributed by atoms with Crippen molar-refractivity contribution in [1.29, 1.82) is 0 Å². The highest BCUT2D eigenvalue weighted by atomic mass is 16.2. The molecule has 2 heterocycles. The van der Waals surface area contributed by atoms with Gasteiger partial charge in [0.25, 0.3) is 0 Å². The second kappa shape index (κ2) is 5.70. The van der Waals surface area contributed by atoms with Crippen molar-refractivity contribution in [2.75, 3.05) is 13.1 Å². The molecule has 0 unspecified atom stereocenters. The van der Waals surface area contributed by atoms with Crippen LogP contribution in [0.2, 0.25) is 0 Å². The Balaban J connectivity index is 1.60. The molecule has 1 aliphatic rings. The molecule has 1 saturated heterocycles. The molecule has 0 spiro atoms. The second-order valence-electron chi connectivity index (χ2n) is 5.88. The van der Waals surface area contributed by atoms with E-state index in [1.807, 2.05) is 17.0 Å². The third kappa shape index (κ3) is 2.72. The molecule has 1 aromatic heterocycles. The lowest BCUT2D eigenvalue weighted by Crippen LogP contribution is -2.38. The van der Waals surface area contributed by atoms with E-state index in [0.29, 0.717) is 12.3 Å². The molecule has 20 heavy (non-hydrogen) atoms. The normalized spacial score (nSPS) is 16.8. The Bertz CT molecular complexity index is 594. The van der Waals surface area contributed by atoms with Crippen LogP contribution in [0.5, 0.6) is 0 Å². The highest BCUT2D eigenvalue weighted by Crippen LogP contribution is 2.18. The van der Waals surface area contributed by atoms with E-state index in [9.17, 15) is 4.79 Å². The van der Waals surface area contributed by atoms with Gasteiger partial charge in [0.05, 0.1) is 0 Å². The number of amides is 1. The molecule has 3 nitrogen and oxygen atoms in total. The second-order valence-corrected chi connectivity index (χ2v) is 5.88. The van der Waals surface area contributed by atoms with E-state index in [4.69, 9.17) is 0 Å². The molecule has 0 N–H and O–H groups in total. The predicted molar refractivity (Wildman–Crippen MR) is 81.5 cm³/mol. The van der Waals surface area contributed by atoms with Crippen LogP contribution in [0.25, 0.3) is 10.9 Å². The van der Waals surface area contributed by atoms with Gasteiger partial charge < -0.3 is 9.47 Å². The van der Waals surface area contributed by atoms with Gasteiger partial charge in [0.2, 0.25) is 5.91 Å². The van der Waals surface area contributed by atoms with Gasteiger partial charge in [0.1, 0.15) is 0 Å². The first-order valence-corrected chi connectivity index (χ1v) is 7.55. The number of carbonyl (C=O) groups excluding carboxylic acids is 1. The standard InChI is InChI=1S/C17H22N2O/c1-14-6-10-19(11-7-14)17(20)9-13-18-12-8-15-4-2-3-5-16(15)18/h2-5,8,12,14H,6-7,9-11,13H2,1H3. The number of aryl methyl sites for hydroxylation is 1. The summed E-state index contributed by atoms with van der Waals surface area (Å²) < 4.78 is 2.18. The molecule has 3 heteroatoms. The van der Waals surface area contributed by atoms with E-state index in [-0.39, 0.29) is 0 Å². The number of benzene rings is 1. The maximum atomic E-state index is 12.2. The van der Waals surface area contributed by atoms with Crippen molar-refractivity contribution in [2.24, 2.45) is 5.92 Å². The lowest BCUT2D eigenvalue weighted by Gasteiger charge is -2.30. The number of aromatic nitrogens is 1. The topological polar surface area (TPSA) is 25.2 Å². The molecule has 1 aromatic carbocycles. The maximum absolute atomic E-state index is 12.2. The first-order valence-electron chi connectivity index (χ1n) is 7.55. The largest absolute Gasteiger partial charge is 0.347 e. The van der Waals surface area contributed by atoms with Gasteiger partial charge in [0.15, 0.2) is 0 Å². The Morgan fingerprint density at radius 1 is 1.20 bits per heavy atom. The molecule has 3 rings (SSSR count). The summed E-state index contributed by atoms with van der Waals surface area (Å²) in [6.45, 7) is 4.92. The highest BCUT2D eigenvalue weighted by Gasteiger charge is 2.19. The van der Waals surface area contributed by atoms with Crippen molar-refractivity contribution in [3.63, 3.8) is 0 Å². The van der Waals surface area contributed by atoms with E-state index in [1.165, 1.54) is 10.9 Å². The van der Waals surface area contributed by atoms with Crippen LogP contribution >= 0.6 is 0 Å². The minimum atomic E-state index is 0.301. The number of rotatable bonds is 3. The monoisotopic (exact) mass is 270 g/mol. The zero-order valence-electron chi connectivity index (χ0n) is 12.1. The fourth-order valence-corrected chi connectivity index (χ4v) is 2.97. The molecule has 106 valence electrons. The summed E-state index contributed by atoms with van der Waals surface area (Å²) in [5.41, 5.74) is 1.22. The van der Waals surface area contributed by atoms with Crippen molar-refractivity contribution in [3.05, 3.63) is 36.5 Å². The first kappa shape index (κ1) is 13.2. The molecule has 1 fully saturated rings. The summed E-state index contributed by atoms with van der Waals surface area (Å²) in [5.74, 6) is 1.07. The van der Waals surface area contributed by atoms with Crippen molar-refractivity contribution in [1.82, 2.24) is 9.47 Å². The smallest absolute Gasteiger partial charge is 0.224 e.